The van der Waals surface area contributed by atoms with Crippen molar-refractivity contribution in [3.05, 3.63) is 63.8 Å². The van der Waals surface area contributed by atoms with Crippen molar-refractivity contribution in [1.82, 2.24) is 19.8 Å². The summed E-state index contributed by atoms with van der Waals surface area (Å²) in [5.74, 6) is 0.870. The third-order valence-corrected chi connectivity index (χ3v) is 7.30. The number of halogens is 1. The van der Waals surface area contributed by atoms with Crippen molar-refractivity contribution in [1.29, 1.82) is 0 Å². The average Bonchev–Trinajstić information content (AvgIpc) is 3.32. The Hall–Kier alpha value is -2.61. The van der Waals surface area contributed by atoms with E-state index in [1.54, 1.807) is 6.07 Å². The van der Waals surface area contributed by atoms with E-state index in [4.69, 9.17) is 16.6 Å². The van der Waals surface area contributed by atoms with Crippen LogP contribution in [0, 0.1) is 6.92 Å². The standard InChI is InChI=1S/C25H26ClN5OS/c1-17-27-21-10-9-18(15-22(21)31(17)14-13-30-11-5-2-6-12-30)16-23-24(32)29-25(33-23)28-20-8-4-3-7-19(20)26/h3-4,7-10,15-16H,2,5-6,11-14H2,1H3,(H,28,29,32)/b23-16+. The van der Waals surface area contributed by atoms with Gasteiger partial charge in [-0.2, -0.15) is 0 Å². The molecule has 2 aliphatic rings. The summed E-state index contributed by atoms with van der Waals surface area (Å²) in [5, 5.41) is 3.92. The molecule has 1 amide bonds. The number of fused-ring (bicyclic) bond motifs is 1. The summed E-state index contributed by atoms with van der Waals surface area (Å²) in [7, 11) is 0. The number of hydrogen-bond acceptors (Lipinski definition) is 5. The number of piperidine rings is 1. The van der Waals surface area contributed by atoms with Crippen LogP contribution in [-0.2, 0) is 11.3 Å². The van der Waals surface area contributed by atoms with Crippen LogP contribution >= 0.6 is 23.4 Å². The van der Waals surface area contributed by atoms with Gasteiger partial charge in [-0.15, -0.1) is 0 Å². The number of aryl methyl sites for hydroxylation is 1. The number of amides is 1. The molecule has 1 aromatic heterocycles. The smallest absolute Gasteiger partial charge is 0.264 e. The third kappa shape index (κ3) is 5.00. The maximum absolute atomic E-state index is 12.5. The van der Waals surface area contributed by atoms with Crippen molar-refractivity contribution in [3.63, 3.8) is 0 Å². The summed E-state index contributed by atoms with van der Waals surface area (Å²) < 4.78 is 2.29. The SMILES string of the molecule is Cc1nc2ccc(/C=C3/SC(=Nc4ccccc4Cl)NC3=O)cc2n1CCN1CCCCC1. The van der Waals surface area contributed by atoms with Crippen LogP contribution in [0.4, 0.5) is 5.69 Å². The highest BCUT2D eigenvalue weighted by Crippen LogP contribution is 2.31. The molecule has 2 fully saturated rings. The summed E-state index contributed by atoms with van der Waals surface area (Å²) in [6.07, 6.45) is 5.84. The molecule has 2 aromatic carbocycles. The lowest BCUT2D eigenvalue weighted by Gasteiger charge is -2.26. The lowest BCUT2D eigenvalue weighted by molar-refractivity contribution is -0.115. The number of amidine groups is 1. The second-order valence-electron chi connectivity index (χ2n) is 8.39. The van der Waals surface area contributed by atoms with E-state index in [1.165, 1.54) is 44.1 Å². The number of nitrogens with zero attached hydrogens (tertiary/aromatic N) is 4. The number of imidazole rings is 1. The molecule has 0 bridgehead atoms. The number of benzene rings is 2. The van der Waals surface area contributed by atoms with Gasteiger partial charge in [-0.05, 0) is 80.5 Å². The topological polar surface area (TPSA) is 62.5 Å². The number of aliphatic imine (C=N–C) groups is 1. The lowest BCUT2D eigenvalue weighted by atomic mass is 10.1. The Morgan fingerprint density at radius 1 is 1.15 bits per heavy atom. The monoisotopic (exact) mass is 479 g/mol. The number of rotatable bonds is 5. The third-order valence-electron chi connectivity index (χ3n) is 6.07. The minimum Gasteiger partial charge on any atom is -0.327 e. The van der Waals surface area contributed by atoms with E-state index in [0.717, 1.165) is 35.5 Å². The molecule has 6 nitrogen and oxygen atoms in total. The number of aromatic nitrogens is 2. The molecule has 3 heterocycles. The number of carbonyl (C=O) groups excluding carboxylic acids is 1. The minimum absolute atomic E-state index is 0.152. The van der Waals surface area contributed by atoms with E-state index in [0.29, 0.717) is 20.8 Å². The maximum Gasteiger partial charge on any atom is 0.264 e. The summed E-state index contributed by atoms with van der Waals surface area (Å²) in [5.41, 5.74) is 3.70. The molecule has 0 unspecified atom stereocenters. The molecule has 0 aliphatic carbocycles. The summed E-state index contributed by atoms with van der Waals surface area (Å²) in [4.78, 5) is 24.9. The van der Waals surface area contributed by atoms with E-state index >= 15 is 0 Å². The Kier molecular flexibility index (Phi) is 6.53. The highest BCUT2D eigenvalue weighted by Gasteiger charge is 2.24. The molecule has 2 saturated heterocycles. The van der Waals surface area contributed by atoms with E-state index in [1.807, 2.05) is 36.4 Å². The number of hydrogen-bond donors (Lipinski definition) is 1. The van der Waals surface area contributed by atoms with Crippen LogP contribution in [0.5, 0.6) is 0 Å². The van der Waals surface area contributed by atoms with Crippen molar-refractivity contribution in [2.24, 2.45) is 4.99 Å². The van der Waals surface area contributed by atoms with Gasteiger partial charge in [0.2, 0.25) is 0 Å². The number of para-hydroxylation sites is 1. The molecular formula is C25H26ClN5OS. The Morgan fingerprint density at radius 2 is 1.97 bits per heavy atom. The summed E-state index contributed by atoms with van der Waals surface area (Å²) >= 11 is 7.52. The van der Waals surface area contributed by atoms with Gasteiger partial charge < -0.3 is 14.8 Å². The van der Waals surface area contributed by atoms with Crippen molar-refractivity contribution >= 4 is 57.2 Å². The zero-order valence-electron chi connectivity index (χ0n) is 18.6. The molecule has 33 heavy (non-hydrogen) atoms. The molecule has 2 aliphatic heterocycles. The van der Waals surface area contributed by atoms with Crippen LogP contribution in [-0.4, -0.2) is 45.2 Å². The van der Waals surface area contributed by atoms with Gasteiger partial charge in [-0.25, -0.2) is 9.98 Å². The largest absolute Gasteiger partial charge is 0.327 e. The summed E-state index contributed by atoms with van der Waals surface area (Å²) in [6, 6.07) is 13.5. The first kappa shape index (κ1) is 22.2. The van der Waals surface area contributed by atoms with Crippen LogP contribution in [0.1, 0.15) is 30.7 Å². The molecule has 0 atom stereocenters. The predicted octanol–water partition coefficient (Wildman–Crippen LogP) is 5.38. The fourth-order valence-electron chi connectivity index (χ4n) is 4.34. The lowest BCUT2D eigenvalue weighted by Crippen LogP contribution is -2.32. The first-order valence-corrected chi connectivity index (χ1v) is 12.5. The second-order valence-corrected chi connectivity index (χ2v) is 9.83. The first-order chi connectivity index (χ1) is 16.1. The molecule has 3 aromatic rings. The molecule has 0 spiro atoms. The number of likely N-dealkylation sites (tertiary alicyclic amines) is 1. The van der Waals surface area contributed by atoms with Crippen molar-refractivity contribution < 1.29 is 4.79 Å². The van der Waals surface area contributed by atoms with E-state index in [-0.39, 0.29) is 5.91 Å². The van der Waals surface area contributed by atoms with Gasteiger partial charge in [0.15, 0.2) is 5.17 Å². The van der Waals surface area contributed by atoms with Gasteiger partial charge >= 0.3 is 0 Å². The molecule has 1 N–H and O–H groups in total. The van der Waals surface area contributed by atoms with Crippen LogP contribution in [0.2, 0.25) is 5.02 Å². The Balaban J connectivity index is 1.37. The van der Waals surface area contributed by atoms with Gasteiger partial charge in [0, 0.05) is 13.1 Å². The van der Waals surface area contributed by atoms with Crippen LogP contribution in [0.25, 0.3) is 17.1 Å². The second kappa shape index (κ2) is 9.71. The van der Waals surface area contributed by atoms with Crippen molar-refractivity contribution in [3.8, 4) is 0 Å². The van der Waals surface area contributed by atoms with Crippen LogP contribution < -0.4 is 5.32 Å². The van der Waals surface area contributed by atoms with E-state index < -0.39 is 0 Å². The Bertz CT molecular complexity index is 1260. The van der Waals surface area contributed by atoms with Gasteiger partial charge in [0.25, 0.3) is 5.91 Å². The fourth-order valence-corrected chi connectivity index (χ4v) is 5.35. The number of carbonyl (C=O) groups is 1. The average molecular weight is 480 g/mol. The van der Waals surface area contributed by atoms with E-state index in [9.17, 15) is 4.79 Å². The highest BCUT2D eigenvalue weighted by atomic mass is 35.5. The normalized spacial score (nSPS) is 19.6. The number of thioether (sulfide) groups is 1. The molecule has 0 saturated carbocycles. The fraction of sp³-hybridized carbons (Fsp3) is 0.320. The molecule has 8 heteroatoms. The van der Waals surface area contributed by atoms with Crippen LogP contribution in [0.15, 0.2) is 52.4 Å². The van der Waals surface area contributed by atoms with Crippen LogP contribution in [0.3, 0.4) is 0 Å². The van der Waals surface area contributed by atoms with Gasteiger partial charge in [0.1, 0.15) is 5.82 Å². The zero-order valence-corrected chi connectivity index (χ0v) is 20.1. The highest BCUT2D eigenvalue weighted by molar-refractivity contribution is 8.18. The van der Waals surface area contributed by atoms with Gasteiger partial charge in [-0.3, -0.25) is 4.79 Å². The maximum atomic E-state index is 12.5. The summed E-state index contributed by atoms with van der Waals surface area (Å²) in [6.45, 7) is 6.40. The predicted molar refractivity (Wildman–Crippen MR) is 137 cm³/mol. The first-order valence-electron chi connectivity index (χ1n) is 11.3. The quantitative estimate of drug-likeness (QED) is 0.499. The number of nitrogens with one attached hydrogen (secondary N) is 1. The van der Waals surface area contributed by atoms with Gasteiger partial charge in [0.05, 0.1) is 26.6 Å². The van der Waals surface area contributed by atoms with Crippen molar-refractivity contribution in [2.75, 3.05) is 19.6 Å². The minimum atomic E-state index is -0.152. The Morgan fingerprint density at radius 3 is 2.79 bits per heavy atom. The molecule has 0 radical (unpaired) electrons. The van der Waals surface area contributed by atoms with Crippen molar-refractivity contribution in [2.45, 2.75) is 32.7 Å². The Labute approximate surface area is 202 Å². The zero-order chi connectivity index (χ0) is 22.8. The molecule has 170 valence electrons. The van der Waals surface area contributed by atoms with Gasteiger partial charge in [-0.1, -0.05) is 36.2 Å². The van der Waals surface area contributed by atoms with E-state index in [2.05, 4.69) is 32.8 Å². The molecule has 5 rings (SSSR count). The molecular weight excluding hydrogens is 454 g/mol.